The maximum Gasteiger partial charge on any atom is 0.274 e. The van der Waals surface area contributed by atoms with Gasteiger partial charge < -0.3 is 19.7 Å². The number of amides is 1. The Morgan fingerprint density at radius 3 is 2.59 bits per heavy atom. The van der Waals surface area contributed by atoms with Gasteiger partial charge in [0.2, 0.25) is 0 Å². The molecule has 3 aromatic rings. The molecular formula is C19H21N5O3. The lowest BCUT2D eigenvalue weighted by molar-refractivity contribution is 0.0729. The number of carbonyl (C=O) groups is 1. The number of nitrogens with zero attached hydrogens (tertiary/aromatic N) is 4. The van der Waals surface area contributed by atoms with Gasteiger partial charge in [-0.2, -0.15) is 5.10 Å². The van der Waals surface area contributed by atoms with E-state index in [2.05, 4.69) is 15.4 Å². The Kier molecular flexibility index (Phi) is 4.64. The quantitative estimate of drug-likeness (QED) is 0.752. The molecule has 1 N–H and O–H groups in total. The molecule has 2 aromatic heterocycles. The molecule has 1 aromatic carbocycles. The van der Waals surface area contributed by atoms with Gasteiger partial charge >= 0.3 is 0 Å². The van der Waals surface area contributed by atoms with Crippen molar-refractivity contribution in [3.05, 3.63) is 42.2 Å². The highest BCUT2D eigenvalue weighted by atomic mass is 16.5. The molecule has 27 heavy (non-hydrogen) atoms. The predicted molar refractivity (Wildman–Crippen MR) is 100 cm³/mol. The number of nitrogens with one attached hydrogen (secondary N) is 1. The Balaban J connectivity index is 1.74. The Hall–Kier alpha value is -3.13. The molecule has 0 bridgehead atoms. The fourth-order valence-corrected chi connectivity index (χ4v) is 3.24. The minimum absolute atomic E-state index is 0.0692. The molecule has 140 valence electrons. The second kappa shape index (κ2) is 7.24. The maximum atomic E-state index is 12.8. The molecule has 1 fully saturated rings. The van der Waals surface area contributed by atoms with Crippen LogP contribution in [0.2, 0.25) is 0 Å². The molecule has 8 heteroatoms. The first-order valence-corrected chi connectivity index (χ1v) is 8.78. The van der Waals surface area contributed by atoms with Gasteiger partial charge in [-0.15, -0.1) is 0 Å². The van der Waals surface area contributed by atoms with Crippen LogP contribution in [0.1, 0.15) is 10.5 Å². The summed E-state index contributed by atoms with van der Waals surface area (Å²) >= 11 is 0. The lowest BCUT2D eigenvalue weighted by atomic mass is 10.1. The van der Waals surface area contributed by atoms with Gasteiger partial charge in [0.25, 0.3) is 5.91 Å². The van der Waals surface area contributed by atoms with Crippen molar-refractivity contribution in [1.29, 1.82) is 0 Å². The van der Waals surface area contributed by atoms with Crippen LogP contribution in [-0.2, 0) is 0 Å². The topological polar surface area (TPSA) is 81.0 Å². The number of aromatic nitrogens is 3. The molecule has 0 unspecified atom stereocenters. The van der Waals surface area contributed by atoms with Crippen LogP contribution >= 0.6 is 0 Å². The molecule has 0 spiro atoms. The monoisotopic (exact) mass is 367 g/mol. The number of fused-ring (bicyclic) bond motifs is 1. The van der Waals surface area contributed by atoms with E-state index in [4.69, 9.17) is 9.47 Å². The van der Waals surface area contributed by atoms with Crippen LogP contribution in [-0.4, -0.2) is 65.8 Å². The SMILES string of the molecule is COc1ccc(-c2ccnc3cc(C(=O)N4CCNCC4)nn23)cc1OC. The zero-order chi connectivity index (χ0) is 18.8. The number of hydrogen-bond acceptors (Lipinski definition) is 6. The van der Waals surface area contributed by atoms with Gasteiger partial charge in [-0.1, -0.05) is 0 Å². The fourth-order valence-electron chi connectivity index (χ4n) is 3.24. The Bertz CT molecular complexity index is 979. The minimum atomic E-state index is -0.0692. The van der Waals surface area contributed by atoms with Crippen molar-refractivity contribution in [2.24, 2.45) is 0 Å². The van der Waals surface area contributed by atoms with Crippen molar-refractivity contribution in [2.75, 3.05) is 40.4 Å². The highest BCUT2D eigenvalue weighted by molar-refractivity contribution is 5.93. The van der Waals surface area contributed by atoms with E-state index in [1.807, 2.05) is 29.2 Å². The molecule has 1 amide bonds. The molecule has 0 saturated carbocycles. The highest BCUT2D eigenvalue weighted by Gasteiger charge is 2.21. The van der Waals surface area contributed by atoms with Gasteiger partial charge in [-0.3, -0.25) is 4.79 Å². The predicted octanol–water partition coefficient (Wildman–Crippen LogP) is 1.46. The number of benzene rings is 1. The van der Waals surface area contributed by atoms with Crippen LogP contribution in [0.15, 0.2) is 36.5 Å². The Labute approximate surface area is 156 Å². The van der Waals surface area contributed by atoms with Crippen LogP contribution in [0.3, 0.4) is 0 Å². The highest BCUT2D eigenvalue weighted by Crippen LogP contribution is 2.32. The van der Waals surface area contributed by atoms with Gasteiger partial charge in [-0.25, -0.2) is 9.50 Å². The normalized spacial score (nSPS) is 14.4. The molecule has 1 aliphatic rings. The second-order valence-corrected chi connectivity index (χ2v) is 6.24. The summed E-state index contributed by atoms with van der Waals surface area (Å²) < 4.78 is 12.4. The molecule has 0 atom stereocenters. The molecular weight excluding hydrogens is 346 g/mol. The zero-order valence-corrected chi connectivity index (χ0v) is 15.3. The van der Waals surface area contributed by atoms with Crippen molar-refractivity contribution < 1.29 is 14.3 Å². The van der Waals surface area contributed by atoms with E-state index in [9.17, 15) is 4.79 Å². The fraction of sp³-hybridized carbons (Fsp3) is 0.316. The summed E-state index contributed by atoms with van der Waals surface area (Å²) in [6, 6.07) is 9.24. The van der Waals surface area contributed by atoms with E-state index >= 15 is 0 Å². The number of piperazine rings is 1. The average molecular weight is 367 g/mol. The summed E-state index contributed by atoms with van der Waals surface area (Å²) in [6.45, 7) is 2.97. The van der Waals surface area contributed by atoms with E-state index in [1.54, 1.807) is 31.0 Å². The summed E-state index contributed by atoms with van der Waals surface area (Å²) in [4.78, 5) is 18.9. The van der Waals surface area contributed by atoms with E-state index in [1.165, 1.54) is 0 Å². The number of methoxy groups -OCH3 is 2. The van der Waals surface area contributed by atoms with Gasteiger partial charge in [0, 0.05) is 44.0 Å². The number of ether oxygens (including phenoxy) is 2. The molecule has 4 rings (SSSR count). The van der Waals surface area contributed by atoms with Crippen molar-refractivity contribution in [1.82, 2.24) is 24.8 Å². The van der Waals surface area contributed by atoms with Crippen LogP contribution in [0, 0.1) is 0 Å². The molecule has 0 radical (unpaired) electrons. The standard InChI is InChI=1S/C19H21N5O3/c1-26-16-4-3-13(11-17(16)27-2)15-5-6-21-18-12-14(22-24(15)18)19(25)23-9-7-20-8-10-23/h3-6,11-12,20H,7-10H2,1-2H3. The third-order valence-corrected chi connectivity index (χ3v) is 4.66. The first-order valence-electron chi connectivity index (χ1n) is 8.78. The first kappa shape index (κ1) is 17.3. The Morgan fingerprint density at radius 1 is 1.07 bits per heavy atom. The zero-order valence-electron chi connectivity index (χ0n) is 15.3. The molecule has 1 aliphatic heterocycles. The lowest BCUT2D eigenvalue weighted by Gasteiger charge is -2.26. The average Bonchev–Trinajstić information content (AvgIpc) is 3.17. The summed E-state index contributed by atoms with van der Waals surface area (Å²) in [7, 11) is 3.20. The second-order valence-electron chi connectivity index (χ2n) is 6.24. The molecule has 3 heterocycles. The number of hydrogen-bond donors (Lipinski definition) is 1. The van der Waals surface area contributed by atoms with Crippen molar-refractivity contribution in [2.45, 2.75) is 0 Å². The molecule has 8 nitrogen and oxygen atoms in total. The number of carbonyl (C=O) groups excluding carboxylic acids is 1. The van der Waals surface area contributed by atoms with Gasteiger partial charge in [0.15, 0.2) is 22.8 Å². The third-order valence-electron chi connectivity index (χ3n) is 4.66. The summed E-state index contributed by atoms with van der Waals surface area (Å²) in [6.07, 6.45) is 1.71. The van der Waals surface area contributed by atoms with Gasteiger partial charge in [0.1, 0.15) is 0 Å². The van der Waals surface area contributed by atoms with E-state index in [0.717, 1.165) is 24.3 Å². The van der Waals surface area contributed by atoms with Crippen molar-refractivity contribution >= 4 is 11.6 Å². The van der Waals surface area contributed by atoms with Crippen molar-refractivity contribution in [3.8, 4) is 22.8 Å². The van der Waals surface area contributed by atoms with Gasteiger partial charge in [-0.05, 0) is 24.3 Å². The lowest BCUT2D eigenvalue weighted by Crippen LogP contribution is -2.46. The van der Waals surface area contributed by atoms with Gasteiger partial charge in [0.05, 0.1) is 19.9 Å². The first-order chi connectivity index (χ1) is 13.2. The van der Waals surface area contributed by atoms with Crippen LogP contribution < -0.4 is 14.8 Å². The van der Waals surface area contributed by atoms with Crippen molar-refractivity contribution in [3.63, 3.8) is 0 Å². The summed E-state index contributed by atoms with van der Waals surface area (Å²) in [5.41, 5.74) is 2.74. The Morgan fingerprint density at radius 2 is 1.85 bits per heavy atom. The van der Waals surface area contributed by atoms with Crippen LogP contribution in [0.25, 0.3) is 16.9 Å². The van der Waals surface area contributed by atoms with E-state index in [0.29, 0.717) is 35.9 Å². The summed E-state index contributed by atoms with van der Waals surface area (Å²) in [5.74, 6) is 1.21. The van der Waals surface area contributed by atoms with E-state index < -0.39 is 0 Å². The molecule has 0 aliphatic carbocycles. The largest absolute Gasteiger partial charge is 0.493 e. The van der Waals surface area contributed by atoms with Crippen LogP contribution in [0.5, 0.6) is 11.5 Å². The summed E-state index contributed by atoms with van der Waals surface area (Å²) in [5, 5.41) is 7.78. The minimum Gasteiger partial charge on any atom is -0.493 e. The smallest absolute Gasteiger partial charge is 0.274 e. The number of rotatable bonds is 4. The van der Waals surface area contributed by atoms with E-state index in [-0.39, 0.29) is 5.91 Å². The van der Waals surface area contributed by atoms with Crippen LogP contribution in [0.4, 0.5) is 0 Å². The molecule has 1 saturated heterocycles. The third kappa shape index (κ3) is 3.19. The maximum absolute atomic E-state index is 12.8.